The molecule has 23 heavy (non-hydrogen) atoms. The zero-order chi connectivity index (χ0) is 15.8. The maximum absolute atomic E-state index is 12.5. The second-order valence-electron chi connectivity index (χ2n) is 6.83. The van der Waals surface area contributed by atoms with Crippen molar-refractivity contribution in [1.29, 1.82) is 0 Å². The van der Waals surface area contributed by atoms with Gasteiger partial charge in [-0.25, -0.2) is 0 Å². The molecule has 1 aromatic rings. The van der Waals surface area contributed by atoms with E-state index in [0.29, 0.717) is 18.0 Å². The fraction of sp³-hybridized carbons (Fsp3) is 0.647. The van der Waals surface area contributed by atoms with Crippen LogP contribution < -0.4 is 0 Å². The highest BCUT2D eigenvalue weighted by atomic mass is 16.5. The highest BCUT2D eigenvalue weighted by molar-refractivity contribution is 5.94. The van der Waals surface area contributed by atoms with Gasteiger partial charge in [0.05, 0.1) is 11.7 Å². The molecule has 1 aromatic heterocycles. The first kappa shape index (κ1) is 14.8. The van der Waals surface area contributed by atoms with Crippen LogP contribution >= 0.6 is 0 Å². The first-order valence-electron chi connectivity index (χ1n) is 8.58. The molecule has 3 atom stereocenters. The second-order valence-corrected chi connectivity index (χ2v) is 6.83. The minimum absolute atomic E-state index is 0.00296. The Bertz CT molecular complexity index is 580. The van der Waals surface area contributed by atoms with Gasteiger partial charge in [-0.2, -0.15) is 0 Å². The van der Waals surface area contributed by atoms with Gasteiger partial charge < -0.3 is 19.5 Å². The largest absolute Gasteiger partial charge is 0.367 e. The fourth-order valence-electron chi connectivity index (χ4n) is 4.05. The van der Waals surface area contributed by atoms with Crippen LogP contribution in [0, 0.1) is 5.92 Å². The van der Waals surface area contributed by atoms with Crippen molar-refractivity contribution in [1.82, 2.24) is 14.8 Å². The summed E-state index contributed by atoms with van der Waals surface area (Å²) in [4.78, 5) is 31.7. The molecule has 2 amide bonds. The first-order valence-corrected chi connectivity index (χ1v) is 8.58. The predicted molar refractivity (Wildman–Crippen MR) is 83.9 cm³/mol. The number of hydrogen-bond donors (Lipinski definition) is 1. The van der Waals surface area contributed by atoms with E-state index in [9.17, 15) is 9.59 Å². The Labute approximate surface area is 135 Å². The molecule has 0 radical (unpaired) electrons. The molecule has 3 aliphatic heterocycles. The molecule has 3 aliphatic rings. The van der Waals surface area contributed by atoms with E-state index in [0.717, 1.165) is 45.3 Å². The van der Waals surface area contributed by atoms with Crippen molar-refractivity contribution in [2.45, 2.75) is 37.9 Å². The fourth-order valence-corrected chi connectivity index (χ4v) is 4.05. The molecular weight excluding hydrogens is 294 g/mol. The summed E-state index contributed by atoms with van der Waals surface area (Å²) < 4.78 is 6.04. The standard InChI is InChI=1S/C17H23N3O3/c21-16(13-3-5-18-10-13)20-8-4-12-9-14(23-15(12)11-20)17(22)19-6-1-2-7-19/h3,5,10,12,14-15,18H,1-2,4,6-9,11H2/t12-,14?,15-/m0/s1. The van der Waals surface area contributed by atoms with Crippen molar-refractivity contribution in [3.05, 3.63) is 24.0 Å². The van der Waals surface area contributed by atoms with Gasteiger partial charge in [0.1, 0.15) is 6.10 Å². The Hall–Kier alpha value is -1.82. The summed E-state index contributed by atoms with van der Waals surface area (Å²) in [6.45, 7) is 3.08. The number of H-pyrrole nitrogens is 1. The number of carbonyl (C=O) groups excluding carboxylic acids is 2. The molecule has 3 fully saturated rings. The minimum Gasteiger partial charge on any atom is -0.367 e. The van der Waals surface area contributed by atoms with Crippen LogP contribution in [0.25, 0.3) is 0 Å². The predicted octanol–water partition coefficient (Wildman–Crippen LogP) is 1.26. The van der Waals surface area contributed by atoms with E-state index in [-0.39, 0.29) is 24.0 Å². The van der Waals surface area contributed by atoms with Crippen LogP contribution in [0.3, 0.4) is 0 Å². The second kappa shape index (κ2) is 6.00. The van der Waals surface area contributed by atoms with Crippen molar-refractivity contribution < 1.29 is 14.3 Å². The van der Waals surface area contributed by atoms with Gasteiger partial charge in [-0.15, -0.1) is 0 Å². The molecular formula is C17H23N3O3. The van der Waals surface area contributed by atoms with Crippen LogP contribution in [0.2, 0.25) is 0 Å². The van der Waals surface area contributed by atoms with Gasteiger partial charge in [-0.3, -0.25) is 9.59 Å². The lowest BCUT2D eigenvalue weighted by molar-refractivity contribution is -0.142. The number of likely N-dealkylation sites (tertiary alicyclic amines) is 2. The van der Waals surface area contributed by atoms with Crippen LogP contribution in [-0.4, -0.2) is 65.0 Å². The molecule has 124 valence electrons. The van der Waals surface area contributed by atoms with Crippen LogP contribution in [-0.2, 0) is 9.53 Å². The molecule has 4 heterocycles. The summed E-state index contributed by atoms with van der Waals surface area (Å²) >= 11 is 0. The highest BCUT2D eigenvalue weighted by Gasteiger charge is 2.44. The number of nitrogens with zero attached hydrogens (tertiary/aromatic N) is 2. The number of ether oxygens (including phenoxy) is 1. The molecule has 4 rings (SSSR count). The van der Waals surface area contributed by atoms with E-state index in [2.05, 4.69) is 4.98 Å². The van der Waals surface area contributed by atoms with Gasteiger partial charge in [0.25, 0.3) is 11.8 Å². The molecule has 6 heteroatoms. The van der Waals surface area contributed by atoms with Gasteiger partial charge in [0.15, 0.2) is 0 Å². The van der Waals surface area contributed by atoms with Gasteiger partial charge >= 0.3 is 0 Å². The zero-order valence-electron chi connectivity index (χ0n) is 13.2. The van der Waals surface area contributed by atoms with E-state index in [1.807, 2.05) is 9.80 Å². The topological polar surface area (TPSA) is 65.6 Å². The Kier molecular flexibility index (Phi) is 3.85. The molecule has 0 spiro atoms. The Morgan fingerprint density at radius 2 is 2.00 bits per heavy atom. The summed E-state index contributed by atoms with van der Waals surface area (Å²) in [5.41, 5.74) is 0.686. The number of aromatic amines is 1. The number of aromatic nitrogens is 1. The molecule has 0 aliphatic carbocycles. The number of rotatable bonds is 2. The molecule has 0 saturated carbocycles. The van der Waals surface area contributed by atoms with E-state index < -0.39 is 0 Å². The summed E-state index contributed by atoms with van der Waals surface area (Å²) in [6.07, 6.45) is 7.12. The molecule has 1 unspecified atom stereocenters. The van der Waals surface area contributed by atoms with Crippen LogP contribution in [0.15, 0.2) is 18.5 Å². The third-order valence-corrected chi connectivity index (χ3v) is 5.38. The number of carbonyl (C=O) groups is 2. The van der Waals surface area contributed by atoms with Crippen molar-refractivity contribution in [2.75, 3.05) is 26.2 Å². The van der Waals surface area contributed by atoms with Crippen LogP contribution in [0.5, 0.6) is 0 Å². The Morgan fingerprint density at radius 3 is 2.74 bits per heavy atom. The third kappa shape index (κ3) is 2.76. The maximum Gasteiger partial charge on any atom is 0.255 e. The summed E-state index contributed by atoms with van der Waals surface area (Å²) in [6, 6.07) is 1.80. The number of amides is 2. The monoisotopic (exact) mass is 317 g/mol. The average Bonchev–Trinajstić information content (AvgIpc) is 3.33. The summed E-state index contributed by atoms with van der Waals surface area (Å²) in [5, 5.41) is 0. The molecule has 0 bridgehead atoms. The smallest absolute Gasteiger partial charge is 0.255 e. The number of nitrogens with one attached hydrogen (secondary N) is 1. The zero-order valence-corrected chi connectivity index (χ0v) is 13.2. The SMILES string of the molecule is O=C(c1cc[nH]c1)N1CC[C@H]2CC(C(=O)N3CCCC3)O[C@H]2C1. The summed E-state index contributed by atoms with van der Waals surface area (Å²) in [7, 11) is 0. The van der Waals surface area contributed by atoms with Crippen molar-refractivity contribution in [3.8, 4) is 0 Å². The number of hydrogen-bond acceptors (Lipinski definition) is 3. The highest BCUT2D eigenvalue weighted by Crippen LogP contribution is 2.34. The van der Waals surface area contributed by atoms with Crippen molar-refractivity contribution in [3.63, 3.8) is 0 Å². The van der Waals surface area contributed by atoms with Crippen molar-refractivity contribution >= 4 is 11.8 Å². The normalized spacial score (nSPS) is 30.5. The van der Waals surface area contributed by atoms with E-state index >= 15 is 0 Å². The van der Waals surface area contributed by atoms with E-state index in [1.165, 1.54) is 0 Å². The molecule has 1 N–H and O–H groups in total. The van der Waals surface area contributed by atoms with Gasteiger partial charge in [-0.1, -0.05) is 0 Å². The average molecular weight is 317 g/mol. The summed E-state index contributed by atoms with van der Waals surface area (Å²) in [5.74, 6) is 0.602. The lowest BCUT2D eigenvalue weighted by Crippen LogP contribution is -2.45. The van der Waals surface area contributed by atoms with Crippen LogP contribution in [0.1, 0.15) is 36.0 Å². The molecule has 0 aromatic carbocycles. The van der Waals surface area contributed by atoms with Gasteiger partial charge in [0, 0.05) is 38.6 Å². The van der Waals surface area contributed by atoms with Gasteiger partial charge in [0.2, 0.25) is 0 Å². The number of piperidine rings is 1. The Morgan fingerprint density at radius 1 is 1.17 bits per heavy atom. The Balaban J connectivity index is 1.38. The number of fused-ring (bicyclic) bond motifs is 1. The molecule has 3 saturated heterocycles. The van der Waals surface area contributed by atoms with E-state index in [1.54, 1.807) is 18.5 Å². The lowest BCUT2D eigenvalue weighted by Gasteiger charge is -2.33. The molecule has 6 nitrogen and oxygen atoms in total. The first-order chi connectivity index (χ1) is 11.2. The minimum atomic E-state index is -0.301. The van der Waals surface area contributed by atoms with Crippen LogP contribution in [0.4, 0.5) is 0 Å². The third-order valence-electron chi connectivity index (χ3n) is 5.38. The van der Waals surface area contributed by atoms with Gasteiger partial charge in [-0.05, 0) is 37.7 Å². The van der Waals surface area contributed by atoms with E-state index in [4.69, 9.17) is 4.74 Å². The quantitative estimate of drug-likeness (QED) is 0.893. The lowest BCUT2D eigenvalue weighted by atomic mass is 9.91. The van der Waals surface area contributed by atoms with Crippen molar-refractivity contribution in [2.24, 2.45) is 5.92 Å². The maximum atomic E-state index is 12.5.